The van der Waals surface area contributed by atoms with E-state index in [1.54, 1.807) is 0 Å². The second-order valence-electron chi connectivity index (χ2n) is 7.34. The fourth-order valence-corrected chi connectivity index (χ4v) is 4.37. The molecule has 0 N–H and O–H groups in total. The molecule has 3 aromatic rings. The molecule has 1 aromatic carbocycles. The zero-order valence-electron chi connectivity index (χ0n) is 14.9. The largest absolute Gasteiger partial charge is 0.408 e. The zero-order chi connectivity index (χ0) is 17.6. The van der Waals surface area contributed by atoms with Crippen LogP contribution in [-0.2, 0) is 11.8 Å². The number of hydrogen-bond acceptors (Lipinski definition) is 6. The second-order valence-corrected chi connectivity index (χ2v) is 7.34. The van der Waals surface area contributed by atoms with E-state index in [4.69, 9.17) is 9.40 Å². The molecule has 6 nitrogen and oxygen atoms in total. The van der Waals surface area contributed by atoms with Crippen LogP contribution in [0.4, 0.5) is 6.01 Å². The third kappa shape index (κ3) is 2.48. The number of hydrogen-bond donors (Lipinski definition) is 0. The van der Waals surface area contributed by atoms with Gasteiger partial charge in [-0.25, -0.2) is 9.97 Å². The van der Waals surface area contributed by atoms with Crippen LogP contribution in [-0.4, -0.2) is 33.3 Å². The van der Waals surface area contributed by atoms with Crippen LogP contribution in [0.25, 0.3) is 11.4 Å². The highest BCUT2D eigenvalue weighted by molar-refractivity contribution is 5.56. The van der Waals surface area contributed by atoms with Crippen LogP contribution >= 0.6 is 0 Å². The lowest BCUT2D eigenvalue weighted by molar-refractivity contribution is 0.321. The highest BCUT2D eigenvalue weighted by Crippen LogP contribution is 2.45. The van der Waals surface area contributed by atoms with Gasteiger partial charge in [-0.15, -0.1) is 5.10 Å². The number of rotatable bonds is 2. The molecule has 2 aromatic heterocycles. The minimum Gasteiger partial charge on any atom is -0.408 e. The summed E-state index contributed by atoms with van der Waals surface area (Å²) in [5.74, 6) is 1.43. The normalized spacial score (nSPS) is 22.0. The van der Waals surface area contributed by atoms with E-state index in [-0.39, 0.29) is 5.41 Å². The number of aromatic nitrogens is 4. The molecule has 3 heterocycles. The molecule has 6 heteroatoms. The van der Waals surface area contributed by atoms with Gasteiger partial charge in [-0.3, -0.25) is 0 Å². The summed E-state index contributed by atoms with van der Waals surface area (Å²) in [6.45, 7) is 3.67. The van der Waals surface area contributed by atoms with E-state index in [1.165, 1.54) is 11.3 Å². The van der Waals surface area contributed by atoms with E-state index >= 15 is 0 Å². The van der Waals surface area contributed by atoms with Gasteiger partial charge < -0.3 is 9.32 Å². The molecule has 1 spiro atoms. The highest BCUT2D eigenvalue weighted by Gasteiger charge is 2.44. The SMILES string of the molecule is Cc1nnc(N2CCCC3(CCc4cnc(-c5ccccc5)nc43)C2)o1. The molecule has 1 saturated heterocycles. The Kier molecular flexibility index (Phi) is 3.51. The van der Waals surface area contributed by atoms with Crippen molar-refractivity contribution >= 4 is 6.01 Å². The molecule has 1 unspecified atom stereocenters. The van der Waals surface area contributed by atoms with Gasteiger partial charge in [0.05, 0.1) is 5.69 Å². The zero-order valence-corrected chi connectivity index (χ0v) is 14.9. The molecule has 26 heavy (non-hydrogen) atoms. The van der Waals surface area contributed by atoms with Crippen LogP contribution in [0.2, 0.25) is 0 Å². The van der Waals surface area contributed by atoms with Crippen molar-refractivity contribution in [2.24, 2.45) is 0 Å². The lowest BCUT2D eigenvalue weighted by atomic mass is 9.77. The third-order valence-electron chi connectivity index (χ3n) is 5.63. The van der Waals surface area contributed by atoms with Gasteiger partial charge in [0.15, 0.2) is 5.82 Å². The lowest BCUT2D eigenvalue weighted by Gasteiger charge is -2.39. The van der Waals surface area contributed by atoms with Gasteiger partial charge >= 0.3 is 6.01 Å². The minimum absolute atomic E-state index is 0.0580. The van der Waals surface area contributed by atoms with Crippen molar-refractivity contribution in [1.82, 2.24) is 20.2 Å². The van der Waals surface area contributed by atoms with Gasteiger partial charge in [0.2, 0.25) is 5.89 Å². The van der Waals surface area contributed by atoms with Gasteiger partial charge in [0.25, 0.3) is 0 Å². The van der Waals surface area contributed by atoms with Crippen LogP contribution in [0.1, 0.15) is 36.4 Å². The van der Waals surface area contributed by atoms with Crippen LogP contribution in [0.3, 0.4) is 0 Å². The quantitative estimate of drug-likeness (QED) is 0.708. The second kappa shape index (κ2) is 5.90. The molecular weight excluding hydrogens is 326 g/mol. The summed E-state index contributed by atoms with van der Waals surface area (Å²) in [7, 11) is 0. The Bertz CT molecular complexity index is 934. The molecule has 5 rings (SSSR count). The van der Waals surface area contributed by atoms with Crippen LogP contribution in [0, 0.1) is 6.92 Å². The molecule has 1 aliphatic heterocycles. The van der Waals surface area contributed by atoms with E-state index in [9.17, 15) is 0 Å². The Labute approximate surface area is 152 Å². The van der Waals surface area contributed by atoms with Crippen molar-refractivity contribution in [3.63, 3.8) is 0 Å². The number of nitrogens with zero attached hydrogens (tertiary/aromatic N) is 5. The van der Waals surface area contributed by atoms with Crippen LogP contribution in [0.15, 0.2) is 40.9 Å². The standard InChI is InChI=1S/C20H21N5O/c1-14-23-24-19(26-14)25-11-5-9-20(13-25)10-8-16-12-21-18(22-17(16)20)15-6-3-2-4-7-15/h2-4,6-7,12H,5,8-11,13H2,1H3. The number of aryl methyl sites for hydroxylation is 2. The maximum atomic E-state index is 5.68. The van der Waals surface area contributed by atoms with E-state index in [2.05, 4.69) is 32.2 Å². The van der Waals surface area contributed by atoms with E-state index in [0.717, 1.165) is 50.2 Å². The van der Waals surface area contributed by atoms with Crippen molar-refractivity contribution in [3.05, 3.63) is 53.7 Å². The van der Waals surface area contributed by atoms with Gasteiger partial charge in [0, 0.05) is 37.2 Å². The Balaban J connectivity index is 1.52. The van der Waals surface area contributed by atoms with Gasteiger partial charge in [-0.05, 0) is 31.2 Å². The topological polar surface area (TPSA) is 67.9 Å². The highest BCUT2D eigenvalue weighted by atomic mass is 16.4. The van der Waals surface area contributed by atoms with Crippen LogP contribution < -0.4 is 4.90 Å². The van der Waals surface area contributed by atoms with E-state index < -0.39 is 0 Å². The Morgan fingerprint density at radius 2 is 2.00 bits per heavy atom. The summed E-state index contributed by atoms with van der Waals surface area (Å²) in [6, 6.07) is 10.8. The number of piperidine rings is 1. The number of anilines is 1. The van der Waals surface area contributed by atoms with Gasteiger partial charge in [0.1, 0.15) is 0 Å². The summed E-state index contributed by atoms with van der Waals surface area (Å²) >= 11 is 0. The first-order valence-corrected chi connectivity index (χ1v) is 9.20. The predicted octanol–water partition coefficient (Wildman–Crippen LogP) is 3.32. The first-order chi connectivity index (χ1) is 12.7. The summed E-state index contributed by atoms with van der Waals surface area (Å²) in [5, 5.41) is 8.21. The molecule has 0 radical (unpaired) electrons. The van der Waals surface area contributed by atoms with Crippen molar-refractivity contribution in [3.8, 4) is 11.4 Å². The molecule has 1 fully saturated rings. The van der Waals surface area contributed by atoms with E-state index in [0.29, 0.717) is 11.9 Å². The lowest BCUT2D eigenvalue weighted by Crippen LogP contribution is -2.45. The first-order valence-electron chi connectivity index (χ1n) is 9.20. The molecule has 132 valence electrons. The first kappa shape index (κ1) is 15.5. The van der Waals surface area contributed by atoms with Gasteiger partial charge in [-0.2, -0.15) is 0 Å². The molecular formula is C20H21N5O. The van der Waals surface area contributed by atoms with E-state index in [1.807, 2.05) is 31.3 Å². The Hall–Kier alpha value is -2.76. The summed E-state index contributed by atoms with van der Waals surface area (Å²) in [6.07, 6.45) is 6.43. The molecule has 0 amide bonds. The molecule has 0 saturated carbocycles. The fraction of sp³-hybridized carbons (Fsp3) is 0.400. The Morgan fingerprint density at radius 1 is 1.12 bits per heavy atom. The fourth-order valence-electron chi connectivity index (χ4n) is 4.37. The van der Waals surface area contributed by atoms with Crippen molar-refractivity contribution in [2.45, 2.75) is 38.0 Å². The molecule has 1 aliphatic carbocycles. The van der Waals surface area contributed by atoms with Crippen molar-refractivity contribution in [1.29, 1.82) is 0 Å². The molecule has 0 bridgehead atoms. The van der Waals surface area contributed by atoms with Crippen molar-refractivity contribution < 1.29 is 4.42 Å². The number of fused-ring (bicyclic) bond motifs is 2. The average molecular weight is 347 g/mol. The minimum atomic E-state index is 0.0580. The number of benzene rings is 1. The summed E-state index contributed by atoms with van der Waals surface area (Å²) in [4.78, 5) is 11.9. The summed E-state index contributed by atoms with van der Waals surface area (Å²) in [5.41, 5.74) is 3.63. The predicted molar refractivity (Wildman–Crippen MR) is 97.9 cm³/mol. The smallest absolute Gasteiger partial charge is 0.318 e. The van der Waals surface area contributed by atoms with Gasteiger partial charge in [-0.1, -0.05) is 35.4 Å². The maximum Gasteiger partial charge on any atom is 0.318 e. The monoisotopic (exact) mass is 347 g/mol. The molecule has 1 atom stereocenters. The average Bonchev–Trinajstić information content (AvgIpc) is 3.27. The summed E-state index contributed by atoms with van der Waals surface area (Å²) < 4.78 is 5.68. The third-order valence-corrected chi connectivity index (χ3v) is 5.63. The maximum absolute atomic E-state index is 5.68. The van der Waals surface area contributed by atoms with Crippen molar-refractivity contribution in [2.75, 3.05) is 18.0 Å². The van der Waals surface area contributed by atoms with Crippen LogP contribution in [0.5, 0.6) is 0 Å². The molecule has 2 aliphatic rings. The Morgan fingerprint density at radius 3 is 2.81 bits per heavy atom.